The molecule has 5 aliphatic rings. The molecular formula is C30H49NO6S. The number of morpholine rings is 1. The van der Waals surface area contributed by atoms with Gasteiger partial charge < -0.3 is 4.74 Å². The number of fused-ring (bicyclic) bond motifs is 5. The molecule has 7 nitrogen and oxygen atoms in total. The molecule has 0 aromatic rings. The summed E-state index contributed by atoms with van der Waals surface area (Å²) in [7, 11) is -3.62. The predicted octanol–water partition coefficient (Wildman–Crippen LogP) is 4.63. The van der Waals surface area contributed by atoms with Gasteiger partial charge in [0.2, 0.25) is 0 Å². The van der Waals surface area contributed by atoms with E-state index >= 15 is 0 Å². The zero-order valence-electron chi connectivity index (χ0n) is 24.3. The van der Waals surface area contributed by atoms with Crippen molar-refractivity contribution in [3.8, 4) is 0 Å². The van der Waals surface area contributed by atoms with E-state index in [1.165, 1.54) is 0 Å². The average molecular weight is 552 g/mol. The minimum absolute atomic E-state index is 0.000800. The molecule has 0 spiro atoms. The van der Waals surface area contributed by atoms with Crippen LogP contribution in [-0.4, -0.2) is 68.6 Å². The first-order chi connectivity index (χ1) is 17.8. The van der Waals surface area contributed by atoms with Crippen LogP contribution in [0.1, 0.15) is 92.4 Å². The van der Waals surface area contributed by atoms with E-state index < -0.39 is 16.2 Å². The molecule has 5 fully saturated rings. The second-order valence-corrected chi connectivity index (χ2v) is 15.6. The van der Waals surface area contributed by atoms with Gasteiger partial charge in [-0.2, -0.15) is 8.42 Å². The van der Waals surface area contributed by atoms with Gasteiger partial charge in [0, 0.05) is 37.4 Å². The van der Waals surface area contributed by atoms with Gasteiger partial charge >= 0.3 is 0 Å². The summed E-state index contributed by atoms with van der Waals surface area (Å²) in [5.74, 6) is 1.55. The fourth-order valence-corrected chi connectivity index (χ4v) is 10.9. The normalized spacial score (nSPS) is 45.2. The van der Waals surface area contributed by atoms with Gasteiger partial charge in [0.25, 0.3) is 10.1 Å². The van der Waals surface area contributed by atoms with Crippen molar-refractivity contribution < 1.29 is 26.9 Å². The van der Waals surface area contributed by atoms with Crippen LogP contribution in [0, 0.1) is 40.4 Å². The molecule has 216 valence electrons. The third kappa shape index (κ3) is 4.63. The second kappa shape index (κ2) is 9.92. The van der Waals surface area contributed by atoms with Gasteiger partial charge in [0.05, 0.1) is 24.6 Å². The maximum Gasteiger partial charge on any atom is 0.264 e. The molecule has 38 heavy (non-hydrogen) atoms. The zero-order chi connectivity index (χ0) is 27.7. The number of Topliss-reactive ketones (excluding diaryl/α,β-unsaturated/α-hetero) is 2. The quantitative estimate of drug-likeness (QED) is 0.445. The van der Waals surface area contributed by atoms with Crippen molar-refractivity contribution in [3.63, 3.8) is 0 Å². The molecule has 0 amide bonds. The summed E-state index contributed by atoms with van der Waals surface area (Å²) in [6, 6.07) is -0.0687. The van der Waals surface area contributed by atoms with E-state index in [1.54, 1.807) is 6.92 Å². The van der Waals surface area contributed by atoms with Crippen molar-refractivity contribution in [2.75, 3.05) is 26.0 Å². The Morgan fingerprint density at radius 2 is 1.82 bits per heavy atom. The van der Waals surface area contributed by atoms with Gasteiger partial charge in [0.15, 0.2) is 0 Å². The molecule has 0 aromatic carbocycles. The molecule has 0 aromatic heterocycles. The first-order valence-electron chi connectivity index (χ1n) is 15.1. The summed E-state index contributed by atoms with van der Waals surface area (Å²) in [5, 5.41) is 0. The lowest BCUT2D eigenvalue weighted by atomic mass is 9.43. The molecule has 1 saturated heterocycles. The molecule has 0 bridgehead atoms. The molecule has 4 aliphatic carbocycles. The third-order valence-corrected chi connectivity index (χ3v) is 12.8. The van der Waals surface area contributed by atoms with E-state index in [1.807, 2.05) is 0 Å². The van der Waals surface area contributed by atoms with Crippen LogP contribution in [0.15, 0.2) is 0 Å². The van der Waals surface area contributed by atoms with Crippen LogP contribution in [-0.2, 0) is 28.6 Å². The fourth-order valence-electron chi connectivity index (χ4n) is 10.3. The largest absolute Gasteiger partial charge is 0.372 e. The number of rotatable bonds is 6. The first kappa shape index (κ1) is 28.7. The number of hydrogen-bond acceptors (Lipinski definition) is 7. The van der Waals surface area contributed by atoms with E-state index in [9.17, 15) is 18.0 Å². The van der Waals surface area contributed by atoms with Gasteiger partial charge in [-0.1, -0.05) is 27.7 Å². The van der Waals surface area contributed by atoms with Crippen LogP contribution >= 0.6 is 0 Å². The van der Waals surface area contributed by atoms with E-state index in [0.717, 1.165) is 64.3 Å². The monoisotopic (exact) mass is 551 g/mol. The minimum Gasteiger partial charge on any atom is -0.372 e. The molecule has 5 rings (SSSR count). The van der Waals surface area contributed by atoms with Crippen molar-refractivity contribution in [2.24, 2.45) is 40.4 Å². The third-order valence-electron chi connectivity index (χ3n) is 12.2. The molecule has 4 saturated carbocycles. The molecule has 1 heterocycles. The smallest absolute Gasteiger partial charge is 0.264 e. The van der Waals surface area contributed by atoms with Crippen LogP contribution in [0.3, 0.4) is 0 Å². The summed E-state index contributed by atoms with van der Waals surface area (Å²) >= 11 is 0. The number of nitrogens with zero attached hydrogens (tertiary/aromatic N) is 1. The van der Waals surface area contributed by atoms with Crippen LogP contribution in [0.25, 0.3) is 0 Å². The van der Waals surface area contributed by atoms with Crippen LogP contribution < -0.4 is 0 Å². The van der Waals surface area contributed by atoms with Crippen LogP contribution in [0.5, 0.6) is 0 Å². The summed E-state index contributed by atoms with van der Waals surface area (Å²) in [4.78, 5) is 29.1. The molecule has 9 atom stereocenters. The van der Waals surface area contributed by atoms with Gasteiger partial charge in [-0.25, -0.2) is 0 Å². The summed E-state index contributed by atoms with van der Waals surface area (Å²) in [6.45, 7) is 12.7. The van der Waals surface area contributed by atoms with Gasteiger partial charge in [-0.3, -0.25) is 18.7 Å². The second-order valence-electron chi connectivity index (χ2n) is 14.0. The minimum atomic E-state index is -3.62. The number of hydrogen-bond donors (Lipinski definition) is 0. The number of ether oxygens (including phenoxy) is 1. The van der Waals surface area contributed by atoms with Crippen molar-refractivity contribution in [1.29, 1.82) is 0 Å². The van der Waals surface area contributed by atoms with Gasteiger partial charge in [-0.15, -0.1) is 0 Å². The van der Waals surface area contributed by atoms with Gasteiger partial charge in [-0.05, 0) is 86.9 Å². The van der Waals surface area contributed by atoms with E-state index in [0.29, 0.717) is 37.1 Å². The lowest BCUT2D eigenvalue weighted by Gasteiger charge is -2.62. The lowest BCUT2D eigenvalue weighted by molar-refractivity contribution is -0.178. The molecule has 0 unspecified atom stereocenters. The number of carbonyl (C=O) groups excluding carboxylic acids is 2. The molecular weight excluding hydrogens is 502 g/mol. The van der Waals surface area contributed by atoms with Crippen LogP contribution in [0.4, 0.5) is 0 Å². The Balaban J connectivity index is 1.48. The highest BCUT2D eigenvalue weighted by Gasteiger charge is 2.65. The molecule has 8 heteroatoms. The van der Waals surface area contributed by atoms with Crippen molar-refractivity contribution in [1.82, 2.24) is 4.90 Å². The number of ketones is 2. The first-order valence-corrected chi connectivity index (χ1v) is 16.9. The Kier molecular flexibility index (Phi) is 7.49. The SMILES string of the molecule is CCC1(CC)CN([C@H]2C[C@@]3(C)[C@@H](CC[C@H]4[C@@H]5CC[C@H](C(C)=O)[C@@]5(C)CC(=O)[C@@H]43)C[C@@H]2OS(C)(=O)=O)CCO1. The Labute approximate surface area is 229 Å². The number of carbonyl (C=O) groups is 2. The maximum atomic E-state index is 14.1. The predicted molar refractivity (Wildman–Crippen MR) is 146 cm³/mol. The molecule has 0 radical (unpaired) electrons. The highest BCUT2D eigenvalue weighted by molar-refractivity contribution is 7.86. The summed E-state index contributed by atoms with van der Waals surface area (Å²) in [6.07, 6.45) is 8.46. The van der Waals surface area contributed by atoms with E-state index in [-0.39, 0.29) is 46.0 Å². The Bertz CT molecular complexity index is 1050. The van der Waals surface area contributed by atoms with Crippen molar-refractivity contribution in [3.05, 3.63) is 0 Å². The van der Waals surface area contributed by atoms with Crippen molar-refractivity contribution >= 4 is 21.7 Å². The van der Waals surface area contributed by atoms with Crippen molar-refractivity contribution in [2.45, 2.75) is 110 Å². The Morgan fingerprint density at radius 1 is 1.11 bits per heavy atom. The van der Waals surface area contributed by atoms with Crippen LogP contribution in [0.2, 0.25) is 0 Å². The standard InChI is InChI=1S/C30H49NO6S/c1-7-30(8-2)18-31(13-14-36-30)24-16-28(4)20(15-26(24)37-38(6,34)35)9-10-21-23-12-11-22(19(3)32)29(23,5)17-25(33)27(21)28/h20-24,26-27H,7-18H2,1-6H3/t20-,21-,22+,23-,24-,26-,27+,28-,29+/m0/s1. The average Bonchev–Trinajstić information content (AvgIpc) is 3.19. The summed E-state index contributed by atoms with van der Waals surface area (Å²) < 4.78 is 36.9. The molecule has 1 aliphatic heterocycles. The van der Waals surface area contributed by atoms with E-state index in [2.05, 4.69) is 32.6 Å². The van der Waals surface area contributed by atoms with E-state index in [4.69, 9.17) is 8.92 Å². The fraction of sp³-hybridized carbons (Fsp3) is 0.933. The maximum absolute atomic E-state index is 14.1. The highest BCUT2D eigenvalue weighted by atomic mass is 32.2. The Hall–Kier alpha value is -0.830. The Morgan fingerprint density at radius 3 is 2.45 bits per heavy atom. The molecule has 0 N–H and O–H groups in total. The summed E-state index contributed by atoms with van der Waals surface area (Å²) in [5.41, 5.74) is -0.638. The zero-order valence-corrected chi connectivity index (χ0v) is 25.1. The topological polar surface area (TPSA) is 90.0 Å². The highest BCUT2D eigenvalue weighted by Crippen LogP contribution is 2.67. The van der Waals surface area contributed by atoms with Gasteiger partial charge in [0.1, 0.15) is 11.6 Å². The lowest BCUT2D eigenvalue weighted by Crippen LogP contribution is -2.65.